The summed E-state index contributed by atoms with van der Waals surface area (Å²) < 4.78 is 0. The third kappa shape index (κ3) is 2.06. The van der Waals surface area contributed by atoms with Crippen LogP contribution in [-0.2, 0) is 4.79 Å². The van der Waals surface area contributed by atoms with Gasteiger partial charge in [0, 0.05) is 16.8 Å². The summed E-state index contributed by atoms with van der Waals surface area (Å²) in [7, 11) is 0. The molecule has 1 amide bonds. The van der Waals surface area contributed by atoms with E-state index in [2.05, 4.69) is 37.4 Å². The molecule has 0 saturated heterocycles. The Kier molecular flexibility index (Phi) is 2.71. The van der Waals surface area contributed by atoms with Crippen LogP contribution in [-0.4, -0.2) is 5.91 Å². The molecule has 0 bridgehead atoms. The number of anilines is 1. The molecule has 1 N–H and O–H groups in total. The molecule has 0 fully saturated rings. The molecule has 1 heterocycles. The van der Waals surface area contributed by atoms with Crippen molar-refractivity contribution in [1.29, 1.82) is 0 Å². The summed E-state index contributed by atoms with van der Waals surface area (Å²) in [4.78, 5) is 12.0. The van der Waals surface area contributed by atoms with E-state index < -0.39 is 0 Å². The summed E-state index contributed by atoms with van der Waals surface area (Å²) in [6, 6.07) is 14.0. The van der Waals surface area contributed by atoms with E-state index in [0.717, 1.165) is 22.4 Å². The van der Waals surface area contributed by atoms with Crippen LogP contribution in [0.15, 0.2) is 42.5 Å². The van der Waals surface area contributed by atoms with E-state index in [0.29, 0.717) is 0 Å². The molecule has 2 heteroatoms. The predicted octanol–water partition coefficient (Wildman–Crippen LogP) is 3.80. The number of carbonyl (C=O) groups is 1. The van der Waals surface area contributed by atoms with Crippen LogP contribution < -0.4 is 5.32 Å². The molecule has 2 aromatic carbocycles. The first kappa shape index (κ1) is 11.7. The summed E-state index contributed by atoms with van der Waals surface area (Å²) >= 11 is 0. The van der Waals surface area contributed by atoms with E-state index >= 15 is 0 Å². The minimum atomic E-state index is -0.0267. The third-order valence-electron chi connectivity index (χ3n) is 3.44. The van der Waals surface area contributed by atoms with Gasteiger partial charge in [-0.05, 0) is 37.1 Å². The number of amides is 1. The van der Waals surface area contributed by atoms with E-state index in [1.54, 1.807) is 0 Å². The fourth-order valence-corrected chi connectivity index (χ4v) is 2.43. The van der Waals surface area contributed by atoms with Crippen LogP contribution >= 0.6 is 0 Å². The van der Waals surface area contributed by atoms with Crippen molar-refractivity contribution in [3.63, 3.8) is 0 Å². The van der Waals surface area contributed by atoms with Gasteiger partial charge in [-0.2, -0.15) is 0 Å². The Hall–Kier alpha value is -2.35. The molecule has 1 aliphatic heterocycles. The average Bonchev–Trinajstić information content (AvgIpc) is 2.69. The van der Waals surface area contributed by atoms with Gasteiger partial charge < -0.3 is 5.32 Å². The Balaban J connectivity index is 2.11. The van der Waals surface area contributed by atoms with Crippen LogP contribution in [0.4, 0.5) is 5.69 Å². The Morgan fingerprint density at radius 2 is 1.84 bits per heavy atom. The Bertz CT molecular complexity index is 698. The minimum Gasteiger partial charge on any atom is -0.321 e. The Morgan fingerprint density at radius 1 is 1.05 bits per heavy atom. The fraction of sp³-hybridized carbons (Fsp3) is 0.118. The molecule has 0 atom stereocenters. The third-order valence-corrected chi connectivity index (χ3v) is 3.44. The largest absolute Gasteiger partial charge is 0.321 e. The Labute approximate surface area is 112 Å². The topological polar surface area (TPSA) is 29.1 Å². The van der Waals surface area contributed by atoms with E-state index in [-0.39, 0.29) is 5.91 Å². The summed E-state index contributed by atoms with van der Waals surface area (Å²) in [6.07, 6.45) is 1.97. The van der Waals surface area contributed by atoms with E-state index in [4.69, 9.17) is 0 Å². The number of rotatable bonds is 1. The standard InChI is InChI=1S/C17H15NO/c1-11-7-8-13(12(2)9-11)10-15-14-5-3-4-6-16(14)18-17(15)19/h3-10H,1-2H3,(H,18,19)/b15-10+. The molecule has 0 saturated carbocycles. The lowest BCUT2D eigenvalue weighted by Crippen LogP contribution is -2.03. The van der Waals surface area contributed by atoms with Crippen molar-refractivity contribution in [3.05, 3.63) is 64.7 Å². The van der Waals surface area contributed by atoms with Gasteiger partial charge in [0.25, 0.3) is 5.91 Å². The Morgan fingerprint density at radius 3 is 2.63 bits per heavy atom. The summed E-state index contributed by atoms with van der Waals surface area (Å²) in [5, 5.41) is 2.89. The summed E-state index contributed by atoms with van der Waals surface area (Å²) in [5.41, 5.74) is 6.12. The van der Waals surface area contributed by atoms with Gasteiger partial charge in [-0.3, -0.25) is 4.79 Å². The molecule has 19 heavy (non-hydrogen) atoms. The lowest BCUT2D eigenvalue weighted by molar-refractivity contribution is -0.110. The summed E-state index contributed by atoms with van der Waals surface area (Å²) in [5.74, 6) is -0.0267. The number of hydrogen-bond acceptors (Lipinski definition) is 1. The first-order valence-corrected chi connectivity index (χ1v) is 6.35. The average molecular weight is 249 g/mol. The van der Waals surface area contributed by atoms with Crippen LogP contribution in [0.2, 0.25) is 0 Å². The highest BCUT2D eigenvalue weighted by Crippen LogP contribution is 2.33. The zero-order valence-corrected chi connectivity index (χ0v) is 11.0. The van der Waals surface area contributed by atoms with Crippen LogP contribution in [0, 0.1) is 13.8 Å². The van der Waals surface area contributed by atoms with Crippen LogP contribution in [0.1, 0.15) is 22.3 Å². The molecule has 0 radical (unpaired) electrons. The molecule has 2 aromatic rings. The lowest BCUT2D eigenvalue weighted by atomic mass is 10.00. The molecule has 1 aliphatic rings. The van der Waals surface area contributed by atoms with Crippen molar-refractivity contribution >= 4 is 23.2 Å². The molecule has 0 aliphatic carbocycles. The second-order valence-corrected chi connectivity index (χ2v) is 4.92. The number of aryl methyl sites for hydroxylation is 2. The first-order chi connectivity index (χ1) is 9.15. The van der Waals surface area contributed by atoms with Gasteiger partial charge in [-0.1, -0.05) is 42.0 Å². The maximum Gasteiger partial charge on any atom is 0.256 e. The molecule has 94 valence electrons. The number of fused-ring (bicyclic) bond motifs is 1. The second-order valence-electron chi connectivity index (χ2n) is 4.92. The second kappa shape index (κ2) is 4.39. The summed E-state index contributed by atoms with van der Waals surface area (Å²) in [6.45, 7) is 4.14. The maximum atomic E-state index is 12.0. The van der Waals surface area contributed by atoms with Crippen molar-refractivity contribution in [2.45, 2.75) is 13.8 Å². The number of para-hydroxylation sites is 1. The smallest absolute Gasteiger partial charge is 0.256 e. The van der Waals surface area contributed by atoms with E-state index in [1.165, 1.54) is 11.1 Å². The molecule has 0 aromatic heterocycles. The number of nitrogens with one attached hydrogen (secondary N) is 1. The van der Waals surface area contributed by atoms with Crippen LogP contribution in [0.5, 0.6) is 0 Å². The highest BCUT2D eigenvalue weighted by atomic mass is 16.2. The molecule has 3 rings (SSSR count). The number of benzene rings is 2. The molecule has 0 unspecified atom stereocenters. The van der Waals surface area contributed by atoms with Crippen molar-refractivity contribution in [1.82, 2.24) is 0 Å². The zero-order chi connectivity index (χ0) is 13.4. The van der Waals surface area contributed by atoms with Gasteiger partial charge in [0.05, 0.1) is 0 Å². The van der Waals surface area contributed by atoms with Gasteiger partial charge in [-0.25, -0.2) is 0 Å². The quantitative estimate of drug-likeness (QED) is 0.765. The van der Waals surface area contributed by atoms with Gasteiger partial charge >= 0.3 is 0 Å². The number of hydrogen-bond donors (Lipinski definition) is 1. The number of carbonyl (C=O) groups excluding carboxylic acids is 1. The molecule has 2 nitrogen and oxygen atoms in total. The predicted molar refractivity (Wildman–Crippen MR) is 78.9 cm³/mol. The fourth-order valence-electron chi connectivity index (χ4n) is 2.43. The van der Waals surface area contributed by atoms with Gasteiger partial charge in [0.2, 0.25) is 0 Å². The molecule has 0 spiro atoms. The van der Waals surface area contributed by atoms with Crippen molar-refractivity contribution in [2.24, 2.45) is 0 Å². The minimum absolute atomic E-state index is 0.0267. The van der Waals surface area contributed by atoms with Crippen LogP contribution in [0.3, 0.4) is 0 Å². The van der Waals surface area contributed by atoms with Gasteiger partial charge in [0.15, 0.2) is 0 Å². The molecular weight excluding hydrogens is 234 g/mol. The van der Waals surface area contributed by atoms with E-state index in [9.17, 15) is 4.79 Å². The monoisotopic (exact) mass is 249 g/mol. The SMILES string of the molecule is Cc1ccc(/C=C2/C(=O)Nc3ccccc32)c(C)c1. The van der Waals surface area contributed by atoms with Crippen molar-refractivity contribution in [2.75, 3.05) is 5.32 Å². The van der Waals surface area contributed by atoms with Gasteiger partial charge in [0.1, 0.15) is 0 Å². The van der Waals surface area contributed by atoms with Crippen LogP contribution in [0.25, 0.3) is 11.6 Å². The van der Waals surface area contributed by atoms with Gasteiger partial charge in [-0.15, -0.1) is 0 Å². The first-order valence-electron chi connectivity index (χ1n) is 6.35. The van der Waals surface area contributed by atoms with E-state index in [1.807, 2.05) is 30.3 Å². The van der Waals surface area contributed by atoms with Crippen molar-refractivity contribution in [3.8, 4) is 0 Å². The highest BCUT2D eigenvalue weighted by Gasteiger charge is 2.23. The normalized spacial score (nSPS) is 15.5. The van der Waals surface area contributed by atoms with Crippen molar-refractivity contribution < 1.29 is 4.79 Å². The maximum absolute atomic E-state index is 12.0. The lowest BCUT2D eigenvalue weighted by Gasteiger charge is -2.03. The highest BCUT2D eigenvalue weighted by molar-refractivity contribution is 6.34. The zero-order valence-electron chi connectivity index (χ0n) is 11.0. The molecular formula is C17H15NO.